The molecule has 2 heterocycles. The summed E-state index contributed by atoms with van der Waals surface area (Å²) < 4.78 is 0. The van der Waals surface area contributed by atoms with Gasteiger partial charge >= 0.3 is 0 Å². The summed E-state index contributed by atoms with van der Waals surface area (Å²) in [5.74, 6) is -0.168. The molecule has 2 fully saturated rings. The summed E-state index contributed by atoms with van der Waals surface area (Å²) in [6.07, 6.45) is 5.30. The van der Waals surface area contributed by atoms with Crippen molar-refractivity contribution in [3.63, 3.8) is 0 Å². The minimum Gasteiger partial charge on any atom is -0.368 e. The van der Waals surface area contributed by atoms with Crippen LogP contribution < -0.4 is 5.73 Å². The number of carbonyl (C=O) groups excluding carboxylic acids is 1. The van der Waals surface area contributed by atoms with Gasteiger partial charge in [0.1, 0.15) is 0 Å². The SMILES string of the molecule is NC(=O)C1CC[C@@H]2/C(=C/c3ccccc3)CCN12. The van der Waals surface area contributed by atoms with Gasteiger partial charge in [-0.15, -0.1) is 0 Å². The third kappa shape index (κ3) is 1.95. The zero-order valence-electron chi connectivity index (χ0n) is 10.4. The van der Waals surface area contributed by atoms with Crippen molar-refractivity contribution in [2.45, 2.75) is 31.3 Å². The van der Waals surface area contributed by atoms with Crippen LogP contribution in [0, 0.1) is 0 Å². The molecule has 2 saturated heterocycles. The van der Waals surface area contributed by atoms with Crippen molar-refractivity contribution in [3.05, 3.63) is 41.5 Å². The second-order valence-corrected chi connectivity index (χ2v) is 5.13. The monoisotopic (exact) mass is 242 g/mol. The molecule has 0 bridgehead atoms. The summed E-state index contributed by atoms with van der Waals surface area (Å²) in [5, 5.41) is 0. The van der Waals surface area contributed by atoms with E-state index in [-0.39, 0.29) is 11.9 Å². The molecule has 1 unspecified atom stereocenters. The average Bonchev–Trinajstić information content (AvgIpc) is 2.93. The van der Waals surface area contributed by atoms with Crippen LogP contribution in [0.4, 0.5) is 0 Å². The van der Waals surface area contributed by atoms with Gasteiger partial charge in [-0.25, -0.2) is 0 Å². The van der Waals surface area contributed by atoms with E-state index in [1.165, 1.54) is 11.1 Å². The molecule has 3 heteroatoms. The Bertz CT molecular complexity index is 481. The normalized spacial score (nSPS) is 29.7. The lowest BCUT2D eigenvalue weighted by atomic mass is 10.0. The molecule has 1 amide bonds. The largest absolute Gasteiger partial charge is 0.368 e. The predicted octanol–water partition coefficient (Wildman–Crippen LogP) is 1.79. The third-order valence-electron chi connectivity index (χ3n) is 4.08. The summed E-state index contributed by atoms with van der Waals surface area (Å²) in [6, 6.07) is 10.8. The molecule has 0 aromatic heterocycles. The summed E-state index contributed by atoms with van der Waals surface area (Å²) in [4.78, 5) is 13.6. The number of amides is 1. The molecule has 0 spiro atoms. The number of benzene rings is 1. The van der Waals surface area contributed by atoms with E-state index in [0.717, 1.165) is 25.8 Å². The van der Waals surface area contributed by atoms with Crippen LogP contribution in [0.1, 0.15) is 24.8 Å². The molecule has 2 aliphatic heterocycles. The highest BCUT2D eigenvalue weighted by atomic mass is 16.1. The first-order chi connectivity index (χ1) is 8.75. The van der Waals surface area contributed by atoms with Crippen molar-refractivity contribution >= 4 is 12.0 Å². The zero-order valence-corrected chi connectivity index (χ0v) is 10.4. The molecule has 0 saturated carbocycles. The van der Waals surface area contributed by atoms with Crippen LogP contribution >= 0.6 is 0 Å². The van der Waals surface area contributed by atoms with Gasteiger partial charge < -0.3 is 5.73 Å². The van der Waals surface area contributed by atoms with E-state index in [0.29, 0.717) is 6.04 Å². The van der Waals surface area contributed by atoms with Gasteiger partial charge in [-0.2, -0.15) is 0 Å². The summed E-state index contributed by atoms with van der Waals surface area (Å²) in [7, 11) is 0. The van der Waals surface area contributed by atoms with Crippen LogP contribution in [-0.4, -0.2) is 29.4 Å². The summed E-state index contributed by atoms with van der Waals surface area (Å²) in [5.41, 5.74) is 8.15. The van der Waals surface area contributed by atoms with E-state index in [9.17, 15) is 4.79 Å². The third-order valence-corrected chi connectivity index (χ3v) is 4.08. The van der Waals surface area contributed by atoms with E-state index in [1.54, 1.807) is 0 Å². The fraction of sp³-hybridized carbons (Fsp3) is 0.400. The quantitative estimate of drug-likeness (QED) is 0.859. The summed E-state index contributed by atoms with van der Waals surface area (Å²) >= 11 is 0. The molecule has 2 aliphatic rings. The molecule has 1 aromatic rings. The number of hydrogen-bond donors (Lipinski definition) is 1. The Morgan fingerprint density at radius 2 is 2.06 bits per heavy atom. The molecule has 3 nitrogen and oxygen atoms in total. The number of nitrogens with two attached hydrogens (primary N) is 1. The van der Waals surface area contributed by atoms with Crippen LogP contribution in [0.15, 0.2) is 35.9 Å². The van der Waals surface area contributed by atoms with Crippen LogP contribution in [0.3, 0.4) is 0 Å². The molecular formula is C15H18N2O. The van der Waals surface area contributed by atoms with Gasteiger partial charge in [0.2, 0.25) is 5.91 Å². The molecule has 2 N–H and O–H groups in total. The number of nitrogens with zero attached hydrogens (tertiary/aromatic N) is 1. The van der Waals surface area contributed by atoms with Crippen molar-refractivity contribution in [2.24, 2.45) is 5.73 Å². The molecule has 0 radical (unpaired) electrons. The number of hydrogen-bond acceptors (Lipinski definition) is 2. The zero-order chi connectivity index (χ0) is 12.5. The number of primary amides is 1. The van der Waals surface area contributed by atoms with Gasteiger partial charge in [0.25, 0.3) is 0 Å². The fourth-order valence-electron chi connectivity index (χ4n) is 3.24. The molecule has 18 heavy (non-hydrogen) atoms. The average molecular weight is 242 g/mol. The highest BCUT2D eigenvalue weighted by Gasteiger charge is 2.41. The molecule has 1 aromatic carbocycles. The maximum Gasteiger partial charge on any atom is 0.234 e. The van der Waals surface area contributed by atoms with Gasteiger partial charge in [0.15, 0.2) is 0 Å². The number of rotatable bonds is 2. The first-order valence-electron chi connectivity index (χ1n) is 6.56. The lowest BCUT2D eigenvalue weighted by Gasteiger charge is -2.20. The lowest BCUT2D eigenvalue weighted by Crippen LogP contribution is -2.41. The Hall–Kier alpha value is -1.61. The van der Waals surface area contributed by atoms with Crippen LogP contribution in [0.2, 0.25) is 0 Å². The second-order valence-electron chi connectivity index (χ2n) is 5.13. The van der Waals surface area contributed by atoms with E-state index >= 15 is 0 Å². The van der Waals surface area contributed by atoms with Crippen molar-refractivity contribution < 1.29 is 4.79 Å². The smallest absolute Gasteiger partial charge is 0.234 e. The van der Waals surface area contributed by atoms with Crippen LogP contribution in [0.25, 0.3) is 6.08 Å². The predicted molar refractivity (Wildman–Crippen MR) is 71.7 cm³/mol. The lowest BCUT2D eigenvalue weighted by molar-refractivity contribution is -0.122. The minimum absolute atomic E-state index is 0.0447. The first-order valence-corrected chi connectivity index (χ1v) is 6.56. The van der Waals surface area contributed by atoms with Gasteiger partial charge in [-0.1, -0.05) is 42.0 Å². The van der Waals surface area contributed by atoms with Crippen molar-refractivity contribution in [1.82, 2.24) is 4.90 Å². The minimum atomic E-state index is -0.168. The van der Waals surface area contributed by atoms with E-state index in [2.05, 4.69) is 35.2 Å². The first kappa shape index (κ1) is 11.5. The molecular weight excluding hydrogens is 224 g/mol. The van der Waals surface area contributed by atoms with Crippen molar-refractivity contribution in [3.8, 4) is 0 Å². The Morgan fingerprint density at radius 1 is 1.28 bits per heavy atom. The van der Waals surface area contributed by atoms with Crippen molar-refractivity contribution in [1.29, 1.82) is 0 Å². The number of fused-ring (bicyclic) bond motifs is 1. The maximum absolute atomic E-state index is 11.4. The van der Waals surface area contributed by atoms with Gasteiger partial charge in [0.05, 0.1) is 6.04 Å². The Labute approximate surface area is 107 Å². The molecule has 0 aliphatic carbocycles. The van der Waals surface area contributed by atoms with Crippen LogP contribution in [-0.2, 0) is 4.79 Å². The van der Waals surface area contributed by atoms with E-state index in [1.807, 2.05) is 6.07 Å². The standard InChI is InChI=1S/C15H18N2O/c16-15(18)14-7-6-13-12(8-9-17(13)14)10-11-4-2-1-3-5-11/h1-5,10,13-14H,6-9H2,(H2,16,18)/b12-10+/t13-,14?/m1/s1. The second kappa shape index (κ2) is 4.58. The molecule has 94 valence electrons. The van der Waals surface area contributed by atoms with Gasteiger partial charge in [-0.05, 0) is 24.8 Å². The molecule has 2 atom stereocenters. The van der Waals surface area contributed by atoms with E-state index < -0.39 is 0 Å². The topological polar surface area (TPSA) is 46.3 Å². The fourth-order valence-corrected chi connectivity index (χ4v) is 3.24. The number of carbonyl (C=O) groups is 1. The van der Waals surface area contributed by atoms with Crippen molar-refractivity contribution in [2.75, 3.05) is 6.54 Å². The molecule has 3 rings (SSSR count). The summed E-state index contributed by atoms with van der Waals surface area (Å²) in [6.45, 7) is 0.969. The Kier molecular flexibility index (Phi) is 2.92. The van der Waals surface area contributed by atoms with Crippen LogP contribution in [0.5, 0.6) is 0 Å². The highest BCUT2D eigenvalue weighted by molar-refractivity contribution is 5.80. The Balaban J connectivity index is 1.82. The van der Waals surface area contributed by atoms with E-state index in [4.69, 9.17) is 5.73 Å². The maximum atomic E-state index is 11.4. The Morgan fingerprint density at radius 3 is 2.78 bits per heavy atom. The van der Waals surface area contributed by atoms with Gasteiger partial charge in [0, 0.05) is 12.6 Å². The van der Waals surface area contributed by atoms with Gasteiger partial charge in [-0.3, -0.25) is 9.69 Å². The highest BCUT2D eigenvalue weighted by Crippen LogP contribution is 2.36.